The number of para-hydroxylation sites is 1. The highest BCUT2D eigenvalue weighted by atomic mass is 35.5. The van der Waals surface area contributed by atoms with Gasteiger partial charge in [0.05, 0.1) is 5.69 Å². The van der Waals surface area contributed by atoms with Crippen molar-refractivity contribution in [3.63, 3.8) is 0 Å². The van der Waals surface area contributed by atoms with Crippen molar-refractivity contribution in [2.75, 3.05) is 5.32 Å². The van der Waals surface area contributed by atoms with Crippen LogP contribution < -0.4 is 5.32 Å². The Labute approximate surface area is 188 Å². The van der Waals surface area contributed by atoms with Crippen LogP contribution >= 0.6 is 11.6 Å². The maximum atomic E-state index is 12.8. The quantitative estimate of drug-likeness (QED) is 0.371. The van der Waals surface area contributed by atoms with Gasteiger partial charge in [0.15, 0.2) is 0 Å². The summed E-state index contributed by atoms with van der Waals surface area (Å²) in [4.78, 5) is 12.8. The molecule has 0 atom stereocenters. The third kappa shape index (κ3) is 4.57. The maximum absolute atomic E-state index is 12.8. The number of anilines is 1. The molecule has 3 rings (SSSR count). The molecule has 4 nitrogen and oxygen atoms in total. The van der Waals surface area contributed by atoms with Gasteiger partial charge < -0.3 is 9.88 Å². The van der Waals surface area contributed by atoms with Crippen molar-refractivity contribution in [1.29, 1.82) is 5.26 Å². The Hall–Kier alpha value is -3.29. The van der Waals surface area contributed by atoms with Crippen LogP contribution in [0.25, 0.3) is 11.8 Å². The zero-order chi connectivity index (χ0) is 22.7. The lowest BCUT2D eigenvalue weighted by atomic mass is 10.1. The van der Waals surface area contributed by atoms with Crippen LogP contribution in [0.2, 0.25) is 5.02 Å². The Morgan fingerprint density at radius 1 is 1.13 bits per heavy atom. The van der Waals surface area contributed by atoms with E-state index >= 15 is 0 Å². The van der Waals surface area contributed by atoms with Crippen LogP contribution in [0.1, 0.15) is 40.6 Å². The lowest BCUT2D eigenvalue weighted by Gasteiger charge is -2.17. The summed E-state index contributed by atoms with van der Waals surface area (Å²) in [5, 5.41) is 13.0. The average Bonchev–Trinajstić information content (AvgIpc) is 3.01. The Balaban J connectivity index is 2.02. The number of rotatable bonds is 5. The van der Waals surface area contributed by atoms with Gasteiger partial charge in [-0.3, -0.25) is 4.79 Å². The van der Waals surface area contributed by atoms with Gasteiger partial charge in [-0.15, -0.1) is 0 Å². The highest BCUT2D eigenvalue weighted by Gasteiger charge is 2.17. The second-order valence-electron chi connectivity index (χ2n) is 7.68. The van der Waals surface area contributed by atoms with E-state index in [4.69, 9.17) is 11.6 Å². The van der Waals surface area contributed by atoms with Crippen molar-refractivity contribution in [2.45, 2.75) is 41.0 Å². The van der Waals surface area contributed by atoms with Gasteiger partial charge >= 0.3 is 0 Å². The molecule has 0 aliphatic rings. The number of halogens is 1. The zero-order valence-electron chi connectivity index (χ0n) is 18.5. The number of hydrogen-bond donors (Lipinski definition) is 1. The molecule has 0 radical (unpaired) electrons. The highest BCUT2D eigenvalue weighted by Crippen LogP contribution is 2.28. The van der Waals surface area contributed by atoms with E-state index in [9.17, 15) is 10.1 Å². The molecule has 2 aromatic carbocycles. The largest absolute Gasteiger partial charge is 0.321 e. The van der Waals surface area contributed by atoms with Crippen LogP contribution in [0.5, 0.6) is 0 Å². The van der Waals surface area contributed by atoms with Gasteiger partial charge in [-0.2, -0.15) is 5.26 Å². The number of hydrogen-bond acceptors (Lipinski definition) is 2. The minimum Gasteiger partial charge on any atom is -0.321 e. The van der Waals surface area contributed by atoms with Crippen LogP contribution in [0, 0.1) is 39.0 Å². The van der Waals surface area contributed by atoms with E-state index in [1.54, 1.807) is 18.2 Å². The smallest absolute Gasteiger partial charge is 0.266 e. The molecular formula is C26H26ClN3O. The molecular weight excluding hydrogens is 406 g/mol. The molecule has 0 unspecified atom stereocenters. The summed E-state index contributed by atoms with van der Waals surface area (Å²) in [6.45, 7) is 10.2. The number of nitrogens with one attached hydrogen (secondary N) is 1. The first-order valence-electron chi connectivity index (χ1n) is 10.2. The standard InChI is InChI=1S/C26H26ClN3O/c1-6-20-9-7-8-17(3)25(20)30-18(4)12-21(19(30)5)13-22(15-28)26(31)29-24-14-23(27)11-10-16(24)2/h7-14H,6H2,1-5H3,(H,29,31)/b22-13-. The number of nitriles is 1. The predicted molar refractivity (Wildman–Crippen MR) is 128 cm³/mol. The fourth-order valence-electron chi connectivity index (χ4n) is 3.83. The first-order valence-corrected chi connectivity index (χ1v) is 10.6. The molecule has 158 valence electrons. The van der Waals surface area contributed by atoms with Crippen LogP contribution in [0.15, 0.2) is 48.0 Å². The molecule has 1 amide bonds. The molecule has 0 spiro atoms. The SMILES string of the molecule is CCc1cccc(C)c1-n1c(C)cc(/C=C(/C#N)C(=O)Nc2cc(Cl)ccc2C)c1C. The molecule has 0 saturated carbocycles. The highest BCUT2D eigenvalue weighted by molar-refractivity contribution is 6.31. The second kappa shape index (κ2) is 9.24. The Morgan fingerprint density at radius 2 is 1.87 bits per heavy atom. The number of nitrogens with zero attached hydrogens (tertiary/aromatic N) is 2. The number of aromatic nitrogens is 1. The number of amides is 1. The lowest BCUT2D eigenvalue weighted by molar-refractivity contribution is -0.112. The van der Waals surface area contributed by atoms with E-state index in [0.29, 0.717) is 10.7 Å². The Bertz CT molecular complexity index is 1230. The molecule has 1 heterocycles. The van der Waals surface area contributed by atoms with Gasteiger partial charge in [0.1, 0.15) is 11.6 Å². The Kier molecular flexibility index (Phi) is 6.68. The van der Waals surface area contributed by atoms with Gasteiger partial charge in [0.2, 0.25) is 0 Å². The number of carbonyl (C=O) groups is 1. The molecule has 0 fully saturated rings. The van der Waals surface area contributed by atoms with Gasteiger partial charge in [-0.05, 0) is 80.6 Å². The van der Waals surface area contributed by atoms with E-state index in [0.717, 1.165) is 34.6 Å². The molecule has 0 aliphatic carbocycles. The summed E-state index contributed by atoms with van der Waals surface area (Å²) in [5.41, 5.74) is 8.00. The van der Waals surface area contributed by atoms with E-state index in [2.05, 4.69) is 41.9 Å². The second-order valence-corrected chi connectivity index (χ2v) is 8.12. The minimum atomic E-state index is -0.456. The van der Waals surface area contributed by atoms with Crippen molar-refractivity contribution in [1.82, 2.24) is 4.57 Å². The number of carbonyl (C=O) groups excluding carboxylic acids is 1. The number of benzene rings is 2. The summed E-state index contributed by atoms with van der Waals surface area (Å²) >= 11 is 6.05. The third-order valence-electron chi connectivity index (χ3n) is 5.51. The lowest BCUT2D eigenvalue weighted by Crippen LogP contribution is -2.14. The monoisotopic (exact) mass is 431 g/mol. The summed E-state index contributed by atoms with van der Waals surface area (Å²) in [5.74, 6) is -0.456. The van der Waals surface area contributed by atoms with Crippen molar-refractivity contribution in [3.05, 3.63) is 86.7 Å². The van der Waals surface area contributed by atoms with Crippen LogP contribution in [0.4, 0.5) is 5.69 Å². The van der Waals surface area contributed by atoms with E-state index in [-0.39, 0.29) is 5.57 Å². The number of aryl methyl sites for hydroxylation is 4. The van der Waals surface area contributed by atoms with Gasteiger partial charge in [0.25, 0.3) is 5.91 Å². The molecule has 3 aromatic rings. The molecule has 5 heteroatoms. The molecule has 1 aromatic heterocycles. The van der Waals surface area contributed by atoms with E-state index in [1.807, 2.05) is 39.0 Å². The van der Waals surface area contributed by atoms with Crippen LogP contribution in [-0.2, 0) is 11.2 Å². The summed E-state index contributed by atoms with van der Waals surface area (Å²) in [7, 11) is 0. The average molecular weight is 432 g/mol. The first-order chi connectivity index (χ1) is 14.8. The first kappa shape index (κ1) is 22.4. The fraction of sp³-hybridized carbons (Fsp3) is 0.231. The van der Waals surface area contributed by atoms with Gasteiger partial charge in [0, 0.05) is 22.1 Å². The van der Waals surface area contributed by atoms with Crippen molar-refractivity contribution in [3.8, 4) is 11.8 Å². The third-order valence-corrected chi connectivity index (χ3v) is 5.74. The molecule has 1 N–H and O–H groups in total. The van der Waals surface area contributed by atoms with Gasteiger partial charge in [-0.1, -0.05) is 42.8 Å². The topological polar surface area (TPSA) is 57.8 Å². The molecule has 0 aliphatic heterocycles. The van der Waals surface area contributed by atoms with Crippen molar-refractivity contribution >= 4 is 29.3 Å². The maximum Gasteiger partial charge on any atom is 0.266 e. The van der Waals surface area contributed by atoms with Crippen LogP contribution in [0.3, 0.4) is 0 Å². The zero-order valence-corrected chi connectivity index (χ0v) is 19.3. The normalized spacial score (nSPS) is 11.3. The van der Waals surface area contributed by atoms with E-state index in [1.165, 1.54) is 11.1 Å². The summed E-state index contributed by atoms with van der Waals surface area (Å²) < 4.78 is 2.20. The fourth-order valence-corrected chi connectivity index (χ4v) is 4.00. The van der Waals surface area contributed by atoms with Gasteiger partial charge in [-0.25, -0.2) is 0 Å². The molecule has 0 saturated heterocycles. The summed E-state index contributed by atoms with van der Waals surface area (Å²) in [6, 6.07) is 15.6. The van der Waals surface area contributed by atoms with E-state index < -0.39 is 5.91 Å². The predicted octanol–water partition coefficient (Wildman–Crippen LogP) is 6.47. The molecule has 0 bridgehead atoms. The molecule has 31 heavy (non-hydrogen) atoms. The Morgan fingerprint density at radius 3 is 2.55 bits per heavy atom. The van der Waals surface area contributed by atoms with Crippen LogP contribution in [-0.4, -0.2) is 10.5 Å². The minimum absolute atomic E-state index is 0.0418. The summed E-state index contributed by atoms with van der Waals surface area (Å²) in [6.07, 6.45) is 2.57. The van der Waals surface area contributed by atoms with Crippen molar-refractivity contribution in [2.24, 2.45) is 0 Å². The van der Waals surface area contributed by atoms with Crippen molar-refractivity contribution < 1.29 is 4.79 Å².